The zero-order chi connectivity index (χ0) is 13.1. The molecule has 1 aromatic carbocycles. The third-order valence-electron chi connectivity index (χ3n) is 3.14. The van der Waals surface area contributed by atoms with Gasteiger partial charge in [-0.3, -0.25) is 0 Å². The minimum Gasteiger partial charge on any atom is -0.492 e. The van der Waals surface area contributed by atoms with Crippen LogP contribution < -0.4 is 10.5 Å². The van der Waals surface area contributed by atoms with E-state index >= 15 is 0 Å². The second-order valence-corrected chi connectivity index (χ2v) is 4.66. The smallest absolute Gasteiger partial charge is 0.267 e. The number of ether oxygens (including phenoxy) is 1. The summed E-state index contributed by atoms with van der Waals surface area (Å²) in [6.45, 7) is 1.16. The zero-order valence-corrected chi connectivity index (χ0v) is 10.4. The van der Waals surface area contributed by atoms with Crippen molar-refractivity contribution in [2.24, 2.45) is 0 Å². The Kier molecular flexibility index (Phi) is 4.01. The van der Waals surface area contributed by atoms with Crippen LogP contribution in [0.1, 0.15) is 24.8 Å². The van der Waals surface area contributed by atoms with Crippen LogP contribution >= 0.6 is 0 Å². The minimum atomic E-state index is -2.57. The first-order valence-corrected chi connectivity index (χ1v) is 6.08. The quantitative estimate of drug-likeness (QED) is 0.795. The molecule has 2 N–H and O–H groups in total. The van der Waals surface area contributed by atoms with Crippen LogP contribution in [0.2, 0.25) is 0 Å². The van der Waals surface area contributed by atoms with E-state index in [2.05, 4.69) is 4.90 Å². The van der Waals surface area contributed by atoms with Gasteiger partial charge in [-0.05, 0) is 38.1 Å². The van der Waals surface area contributed by atoms with Crippen LogP contribution in [0.3, 0.4) is 0 Å². The predicted octanol–water partition coefficient (Wildman–Crippen LogP) is 2.68. The highest BCUT2D eigenvalue weighted by Crippen LogP contribution is 2.31. The normalized spacial score (nSPS) is 15.4. The fourth-order valence-electron chi connectivity index (χ4n) is 1.87. The number of hydrogen-bond acceptors (Lipinski definition) is 3. The number of rotatable bonds is 6. The number of hydrogen-bond donors (Lipinski definition) is 1. The summed E-state index contributed by atoms with van der Waals surface area (Å²) in [6, 6.07) is 5.00. The summed E-state index contributed by atoms with van der Waals surface area (Å²) in [5, 5.41) is 0. The SMILES string of the molecule is CN(CCOc1ccc(N)cc1C(F)F)C1CC1. The lowest BCUT2D eigenvalue weighted by molar-refractivity contribution is 0.143. The van der Waals surface area contributed by atoms with Crippen molar-refractivity contribution in [2.75, 3.05) is 25.9 Å². The monoisotopic (exact) mass is 256 g/mol. The standard InChI is InChI=1S/C13H18F2N2O/c1-17(10-3-4-10)6-7-18-12-5-2-9(16)8-11(12)13(14)15/h2,5,8,10,13H,3-4,6-7,16H2,1H3. The number of nitrogen functional groups attached to an aromatic ring is 1. The van der Waals surface area contributed by atoms with E-state index in [0.717, 1.165) is 6.54 Å². The molecule has 0 heterocycles. The lowest BCUT2D eigenvalue weighted by Crippen LogP contribution is -2.26. The molecule has 100 valence electrons. The van der Waals surface area contributed by atoms with Gasteiger partial charge >= 0.3 is 0 Å². The van der Waals surface area contributed by atoms with Gasteiger partial charge in [0.05, 0.1) is 5.56 Å². The van der Waals surface area contributed by atoms with E-state index in [0.29, 0.717) is 18.3 Å². The minimum absolute atomic E-state index is 0.135. The van der Waals surface area contributed by atoms with Crippen LogP contribution in [-0.4, -0.2) is 31.1 Å². The molecule has 1 aromatic rings. The summed E-state index contributed by atoms with van der Waals surface area (Å²) < 4.78 is 31.0. The molecule has 0 aromatic heterocycles. The number of halogens is 2. The molecule has 0 unspecified atom stereocenters. The average Bonchev–Trinajstić information content (AvgIpc) is 3.14. The van der Waals surface area contributed by atoms with Crippen LogP contribution in [0.4, 0.5) is 14.5 Å². The highest BCUT2D eigenvalue weighted by atomic mass is 19.3. The van der Waals surface area contributed by atoms with E-state index in [9.17, 15) is 8.78 Å². The lowest BCUT2D eigenvalue weighted by Gasteiger charge is -2.17. The van der Waals surface area contributed by atoms with Gasteiger partial charge in [0.25, 0.3) is 6.43 Å². The van der Waals surface area contributed by atoms with Gasteiger partial charge in [-0.25, -0.2) is 8.78 Å². The van der Waals surface area contributed by atoms with E-state index in [4.69, 9.17) is 10.5 Å². The Balaban J connectivity index is 1.91. The fourth-order valence-corrected chi connectivity index (χ4v) is 1.87. The van der Waals surface area contributed by atoms with E-state index in [1.807, 2.05) is 7.05 Å². The summed E-state index contributed by atoms with van der Waals surface area (Å²) in [5.41, 5.74) is 5.68. The second kappa shape index (κ2) is 5.52. The Morgan fingerprint density at radius 2 is 2.17 bits per heavy atom. The van der Waals surface area contributed by atoms with Crippen LogP contribution in [0.5, 0.6) is 5.75 Å². The van der Waals surface area contributed by atoms with Crippen molar-refractivity contribution in [3.05, 3.63) is 23.8 Å². The molecule has 5 heteroatoms. The number of likely N-dealkylation sites (N-methyl/N-ethyl adjacent to an activating group) is 1. The topological polar surface area (TPSA) is 38.5 Å². The Labute approximate surface area is 106 Å². The zero-order valence-electron chi connectivity index (χ0n) is 10.4. The summed E-state index contributed by atoms with van der Waals surface area (Å²) in [4.78, 5) is 2.19. The highest BCUT2D eigenvalue weighted by Gasteiger charge is 2.25. The summed E-state index contributed by atoms with van der Waals surface area (Å²) in [6.07, 6.45) is -0.119. The van der Waals surface area contributed by atoms with E-state index in [-0.39, 0.29) is 11.3 Å². The maximum atomic E-state index is 12.8. The average molecular weight is 256 g/mol. The molecule has 1 aliphatic rings. The van der Waals surface area contributed by atoms with Crippen molar-refractivity contribution in [3.8, 4) is 5.75 Å². The number of alkyl halides is 2. The Morgan fingerprint density at radius 1 is 1.44 bits per heavy atom. The number of nitrogens with zero attached hydrogens (tertiary/aromatic N) is 1. The van der Waals surface area contributed by atoms with E-state index < -0.39 is 6.43 Å². The first-order valence-electron chi connectivity index (χ1n) is 6.08. The summed E-state index contributed by atoms with van der Waals surface area (Å²) >= 11 is 0. The Morgan fingerprint density at radius 3 is 2.78 bits per heavy atom. The van der Waals surface area contributed by atoms with E-state index in [1.54, 1.807) is 6.07 Å². The molecule has 0 radical (unpaired) electrons. The van der Waals surface area contributed by atoms with Gasteiger partial charge < -0.3 is 15.4 Å². The summed E-state index contributed by atoms with van der Waals surface area (Å²) in [7, 11) is 2.03. The molecule has 3 nitrogen and oxygen atoms in total. The molecule has 1 saturated carbocycles. The van der Waals surface area contributed by atoms with Gasteiger partial charge in [-0.1, -0.05) is 0 Å². The Bertz CT molecular complexity index is 408. The third-order valence-corrected chi connectivity index (χ3v) is 3.14. The molecule has 0 saturated heterocycles. The maximum absolute atomic E-state index is 12.8. The first-order chi connectivity index (χ1) is 8.58. The van der Waals surface area contributed by atoms with Crippen molar-refractivity contribution >= 4 is 5.69 Å². The maximum Gasteiger partial charge on any atom is 0.267 e. The summed E-state index contributed by atoms with van der Waals surface area (Å²) in [5.74, 6) is 0.225. The second-order valence-electron chi connectivity index (χ2n) is 4.66. The molecule has 2 rings (SSSR count). The molecular weight excluding hydrogens is 238 g/mol. The van der Waals surface area contributed by atoms with Crippen molar-refractivity contribution in [1.29, 1.82) is 0 Å². The molecule has 1 fully saturated rings. The first kappa shape index (κ1) is 13.1. The molecule has 0 aliphatic heterocycles. The van der Waals surface area contributed by atoms with Gasteiger partial charge in [-0.2, -0.15) is 0 Å². The number of anilines is 1. The van der Waals surface area contributed by atoms with Gasteiger partial charge in [0.15, 0.2) is 0 Å². The van der Waals surface area contributed by atoms with Crippen molar-refractivity contribution < 1.29 is 13.5 Å². The number of nitrogens with two attached hydrogens (primary N) is 1. The lowest BCUT2D eigenvalue weighted by atomic mass is 10.2. The van der Waals surface area contributed by atoms with Gasteiger partial charge in [0.2, 0.25) is 0 Å². The van der Waals surface area contributed by atoms with Crippen LogP contribution in [0, 0.1) is 0 Å². The van der Waals surface area contributed by atoms with Crippen LogP contribution in [0.15, 0.2) is 18.2 Å². The fraction of sp³-hybridized carbons (Fsp3) is 0.538. The third kappa shape index (κ3) is 3.32. The highest BCUT2D eigenvalue weighted by molar-refractivity contribution is 5.48. The van der Waals surface area contributed by atoms with Gasteiger partial charge in [0, 0.05) is 18.3 Å². The molecule has 0 amide bonds. The molecular formula is C13H18F2N2O. The van der Waals surface area contributed by atoms with Crippen molar-refractivity contribution in [1.82, 2.24) is 4.90 Å². The predicted molar refractivity (Wildman–Crippen MR) is 67.0 cm³/mol. The van der Waals surface area contributed by atoms with Crippen LogP contribution in [0.25, 0.3) is 0 Å². The van der Waals surface area contributed by atoms with Gasteiger partial charge in [-0.15, -0.1) is 0 Å². The Hall–Kier alpha value is -1.36. The molecule has 0 bridgehead atoms. The van der Waals surface area contributed by atoms with Crippen molar-refractivity contribution in [3.63, 3.8) is 0 Å². The number of benzene rings is 1. The van der Waals surface area contributed by atoms with E-state index in [1.165, 1.54) is 25.0 Å². The van der Waals surface area contributed by atoms with Crippen molar-refractivity contribution in [2.45, 2.75) is 25.3 Å². The molecule has 1 aliphatic carbocycles. The molecule has 0 atom stereocenters. The largest absolute Gasteiger partial charge is 0.492 e. The van der Waals surface area contributed by atoms with Crippen LogP contribution in [-0.2, 0) is 0 Å². The van der Waals surface area contributed by atoms with Gasteiger partial charge in [0.1, 0.15) is 12.4 Å². The molecule has 0 spiro atoms. The molecule has 18 heavy (non-hydrogen) atoms.